The van der Waals surface area contributed by atoms with Crippen molar-refractivity contribution in [3.63, 3.8) is 0 Å². The van der Waals surface area contributed by atoms with Crippen LogP contribution in [0.1, 0.15) is 24.4 Å². The molecule has 0 unspecified atom stereocenters. The number of nitrogens with two attached hydrogens (primary N) is 1. The van der Waals surface area contributed by atoms with Crippen molar-refractivity contribution in [1.29, 1.82) is 0 Å². The first-order valence-electron chi connectivity index (χ1n) is 5.61. The molecule has 1 aromatic rings. The molecule has 1 aliphatic rings. The van der Waals surface area contributed by atoms with E-state index in [1.165, 1.54) is 0 Å². The van der Waals surface area contributed by atoms with Gasteiger partial charge in [0.25, 0.3) is 0 Å². The zero-order valence-corrected chi connectivity index (χ0v) is 13.6. The van der Waals surface area contributed by atoms with Gasteiger partial charge in [-0.1, -0.05) is 0 Å². The minimum atomic E-state index is 0.0431. The van der Waals surface area contributed by atoms with Gasteiger partial charge in [-0.05, 0) is 81.6 Å². The number of phenols is 1. The molecule has 0 bridgehead atoms. The van der Waals surface area contributed by atoms with Crippen molar-refractivity contribution in [2.75, 3.05) is 13.2 Å². The molecule has 0 spiro atoms. The molecule has 0 aromatic heterocycles. The molecule has 5 heteroatoms. The number of hydrogen-bond acceptors (Lipinski definition) is 3. The number of benzene rings is 1. The van der Waals surface area contributed by atoms with Crippen molar-refractivity contribution in [1.82, 2.24) is 0 Å². The van der Waals surface area contributed by atoms with E-state index < -0.39 is 0 Å². The summed E-state index contributed by atoms with van der Waals surface area (Å²) in [6.07, 6.45) is 2.05. The van der Waals surface area contributed by atoms with Gasteiger partial charge in [-0.2, -0.15) is 0 Å². The van der Waals surface area contributed by atoms with Gasteiger partial charge >= 0.3 is 0 Å². The molecule has 3 N–H and O–H groups in total. The van der Waals surface area contributed by atoms with Crippen LogP contribution in [-0.2, 0) is 4.74 Å². The van der Waals surface area contributed by atoms with Gasteiger partial charge in [-0.15, -0.1) is 0 Å². The molecule has 94 valence electrons. The average molecular weight is 459 g/mol. The van der Waals surface area contributed by atoms with Crippen LogP contribution in [0.5, 0.6) is 5.75 Å². The molecule has 3 nitrogen and oxygen atoms in total. The van der Waals surface area contributed by atoms with Crippen LogP contribution in [0.4, 0.5) is 0 Å². The minimum Gasteiger partial charge on any atom is -0.506 e. The summed E-state index contributed by atoms with van der Waals surface area (Å²) in [4.78, 5) is 0. The summed E-state index contributed by atoms with van der Waals surface area (Å²) < 4.78 is 7.09. The Labute approximate surface area is 128 Å². The SMILES string of the molecule is N[C@H](c1cc(I)c(O)c(I)c1)C1CCOCC1. The van der Waals surface area contributed by atoms with Gasteiger partial charge in [-0.3, -0.25) is 0 Å². The highest BCUT2D eigenvalue weighted by molar-refractivity contribution is 14.1. The number of ether oxygens (including phenoxy) is 1. The molecule has 1 saturated heterocycles. The topological polar surface area (TPSA) is 55.5 Å². The normalized spacial score (nSPS) is 19.2. The Morgan fingerprint density at radius 2 is 1.76 bits per heavy atom. The maximum Gasteiger partial charge on any atom is 0.142 e. The summed E-state index contributed by atoms with van der Waals surface area (Å²) in [7, 11) is 0. The predicted molar refractivity (Wildman–Crippen MR) is 84.0 cm³/mol. The second kappa shape index (κ2) is 6.03. The van der Waals surface area contributed by atoms with Crippen LogP contribution >= 0.6 is 45.2 Å². The average Bonchev–Trinajstić information content (AvgIpc) is 2.35. The molecule has 0 amide bonds. The molecule has 1 aromatic carbocycles. The maximum absolute atomic E-state index is 9.75. The van der Waals surface area contributed by atoms with Crippen molar-refractivity contribution in [2.24, 2.45) is 11.7 Å². The van der Waals surface area contributed by atoms with Crippen LogP contribution in [-0.4, -0.2) is 18.3 Å². The van der Waals surface area contributed by atoms with E-state index in [4.69, 9.17) is 10.5 Å². The highest BCUT2D eigenvalue weighted by Crippen LogP contribution is 2.33. The lowest BCUT2D eigenvalue weighted by atomic mass is 9.88. The Kier molecular flexibility index (Phi) is 4.90. The smallest absolute Gasteiger partial charge is 0.142 e. The third kappa shape index (κ3) is 3.24. The fourth-order valence-corrected chi connectivity index (χ4v) is 3.94. The fourth-order valence-electron chi connectivity index (χ4n) is 2.12. The molecule has 0 saturated carbocycles. The Bertz CT molecular complexity index is 382. The second-order valence-electron chi connectivity index (χ2n) is 4.31. The van der Waals surface area contributed by atoms with Crippen LogP contribution in [0.15, 0.2) is 12.1 Å². The fraction of sp³-hybridized carbons (Fsp3) is 0.500. The maximum atomic E-state index is 9.75. The highest BCUT2D eigenvalue weighted by atomic mass is 127. The molecule has 1 aliphatic heterocycles. The van der Waals surface area contributed by atoms with E-state index in [1.54, 1.807) is 0 Å². The van der Waals surface area contributed by atoms with E-state index in [-0.39, 0.29) is 6.04 Å². The molecule has 1 atom stereocenters. The van der Waals surface area contributed by atoms with Crippen molar-refractivity contribution >= 4 is 45.2 Å². The van der Waals surface area contributed by atoms with Crippen molar-refractivity contribution < 1.29 is 9.84 Å². The number of halogens is 2. The summed E-state index contributed by atoms with van der Waals surface area (Å²) in [5.74, 6) is 0.842. The quantitative estimate of drug-likeness (QED) is 0.670. The summed E-state index contributed by atoms with van der Waals surface area (Å²) in [6.45, 7) is 1.62. The Hall–Kier alpha value is 0.400. The van der Waals surface area contributed by atoms with Gasteiger partial charge in [0, 0.05) is 19.3 Å². The first-order valence-corrected chi connectivity index (χ1v) is 7.76. The van der Waals surface area contributed by atoms with Gasteiger partial charge in [0.1, 0.15) is 5.75 Å². The standard InChI is InChI=1S/C12H15I2NO2/c13-9-5-8(6-10(14)12(9)16)11(15)7-1-3-17-4-2-7/h5-7,11,16H,1-4,15H2/t11-/m0/s1. The van der Waals surface area contributed by atoms with E-state index in [2.05, 4.69) is 45.2 Å². The molecule has 2 rings (SSSR count). The van der Waals surface area contributed by atoms with E-state index in [9.17, 15) is 5.11 Å². The van der Waals surface area contributed by atoms with E-state index in [1.807, 2.05) is 12.1 Å². The van der Waals surface area contributed by atoms with Crippen LogP contribution in [0, 0.1) is 13.1 Å². The van der Waals surface area contributed by atoms with Crippen LogP contribution in [0.25, 0.3) is 0 Å². The van der Waals surface area contributed by atoms with E-state index in [0.717, 1.165) is 38.8 Å². The third-order valence-corrected chi connectivity index (χ3v) is 4.84. The molecule has 1 fully saturated rings. The lowest BCUT2D eigenvalue weighted by Crippen LogP contribution is -2.27. The number of rotatable bonds is 2. The molecule has 0 aliphatic carbocycles. The predicted octanol–water partition coefficient (Wildman–Crippen LogP) is 3.03. The summed E-state index contributed by atoms with van der Waals surface area (Å²) >= 11 is 4.29. The Morgan fingerprint density at radius 1 is 1.24 bits per heavy atom. The van der Waals surface area contributed by atoms with Gasteiger partial charge in [-0.25, -0.2) is 0 Å². The minimum absolute atomic E-state index is 0.0431. The lowest BCUT2D eigenvalue weighted by Gasteiger charge is -2.28. The third-order valence-electron chi connectivity index (χ3n) is 3.20. The number of phenolic OH excluding ortho intramolecular Hbond substituents is 1. The van der Waals surface area contributed by atoms with Crippen molar-refractivity contribution in [3.05, 3.63) is 24.8 Å². The Morgan fingerprint density at radius 3 is 2.29 bits per heavy atom. The number of aromatic hydroxyl groups is 1. The van der Waals surface area contributed by atoms with Crippen LogP contribution in [0.2, 0.25) is 0 Å². The zero-order chi connectivity index (χ0) is 12.4. The summed E-state index contributed by atoms with van der Waals surface area (Å²) in [5, 5.41) is 9.75. The first-order chi connectivity index (χ1) is 8.09. The summed E-state index contributed by atoms with van der Waals surface area (Å²) in [5.41, 5.74) is 7.43. The van der Waals surface area contributed by atoms with Gasteiger partial charge in [0.2, 0.25) is 0 Å². The molecular weight excluding hydrogens is 444 g/mol. The molecular formula is C12H15I2NO2. The molecule has 1 heterocycles. The second-order valence-corrected chi connectivity index (χ2v) is 6.63. The van der Waals surface area contributed by atoms with Crippen molar-refractivity contribution in [3.8, 4) is 5.75 Å². The largest absolute Gasteiger partial charge is 0.506 e. The number of hydrogen-bond donors (Lipinski definition) is 2. The van der Waals surface area contributed by atoms with Crippen LogP contribution in [0.3, 0.4) is 0 Å². The summed E-state index contributed by atoms with van der Waals surface area (Å²) in [6, 6.07) is 4.01. The van der Waals surface area contributed by atoms with E-state index >= 15 is 0 Å². The lowest BCUT2D eigenvalue weighted by molar-refractivity contribution is 0.0583. The molecule has 17 heavy (non-hydrogen) atoms. The molecule has 0 radical (unpaired) electrons. The Balaban J connectivity index is 2.21. The van der Waals surface area contributed by atoms with Gasteiger partial charge in [0.05, 0.1) is 7.14 Å². The van der Waals surface area contributed by atoms with Crippen LogP contribution < -0.4 is 5.73 Å². The first kappa shape index (κ1) is 13.8. The zero-order valence-electron chi connectivity index (χ0n) is 9.33. The highest BCUT2D eigenvalue weighted by Gasteiger charge is 2.23. The van der Waals surface area contributed by atoms with E-state index in [0.29, 0.717) is 11.7 Å². The van der Waals surface area contributed by atoms with Gasteiger partial charge < -0.3 is 15.6 Å². The monoisotopic (exact) mass is 459 g/mol. The van der Waals surface area contributed by atoms with Crippen molar-refractivity contribution in [2.45, 2.75) is 18.9 Å². The van der Waals surface area contributed by atoms with Gasteiger partial charge in [0.15, 0.2) is 0 Å².